The van der Waals surface area contributed by atoms with Crippen molar-refractivity contribution in [1.29, 1.82) is 0 Å². The number of aryl methyl sites for hydroxylation is 3. The highest BCUT2D eigenvalue weighted by Crippen LogP contribution is 2.17. The van der Waals surface area contributed by atoms with E-state index in [1.165, 1.54) is 11.8 Å². The van der Waals surface area contributed by atoms with Crippen molar-refractivity contribution in [3.05, 3.63) is 46.8 Å². The van der Waals surface area contributed by atoms with Gasteiger partial charge in [0.25, 0.3) is 0 Å². The minimum atomic E-state index is -3.19. The largest absolute Gasteiger partial charge is 0.357 e. The number of sulfone groups is 1. The van der Waals surface area contributed by atoms with Crippen molar-refractivity contribution in [1.82, 2.24) is 20.8 Å². The smallest absolute Gasteiger partial charge is 0.191 e. The lowest BCUT2D eigenvalue weighted by atomic mass is 10.1. The van der Waals surface area contributed by atoms with Gasteiger partial charge in [0.05, 0.1) is 17.6 Å². The highest BCUT2D eigenvalue weighted by Gasteiger charge is 2.10. The highest BCUT2D eigenvalue weighted by molar-refractivity contribution is 14.0. The van der Waals surface area contributed by atoms with Crippen LogP contribution in [0.2, 0.25) is 0 Å². The summed E-state index contributed by atoms with van der Waals surface area (Å²) in [5.41, 5.74) is 4.08. The molecule has 0 aliphatic heterocycles. The third-order valence-electron chi connectivity index (χ3n) is 4.25. The topological polar surface area (TPSA) is 99.2 Å². The number of nitrogens with one attached hydrogen (secondary N) is 3. The number of rotatable bonds is 8. The summed E-state index contributed by atoms with van der Waals surface area (Å²) >= 11 is 0. The normalized spacial score (nSPS) is 11.8. The maximum absolute atomic E-state index is 11.7. The van der Waals surface area contributed by atoms with Crippen LogP contribution in [0, 0.1) is 13.8 Å². The first-order chi connectivity index (χ1) is 12.8. The summed E-state index contributed by atoms with van der Waals surface area (Å²) in [6.07, 6.45) is 5.04. The number of guanidine groups is 1. The Kier molecular flexibility index (Phi) is 9.94. The average molecular weight is 519 g/mol. The molecule has 156 valence electrons. The van der Waals surface area contributed by atoms with E-state index in [1.807, 2.05) is 39.1 Å². The van der Waals surface area contributed by atoms with Crippen molar-refractivity contribution in [3.8, 4) is 0 Å². The SMILES string of the molecule is CCNC(=NCc1ccc(S(C)(=O)=O)c(C)c1)NCCCc1cn[nH]c1C.I. The van der Waals surface area contributed by atoms with Crippen LogP contribution < -0.4 is 10.6 Å². The first kappa shape index (κ1) is 24.4. The van der Waals surface area contributed by atoms with Crippen LogP contribution in [0.1, 0.15) is 35.7 Å². The summed E-state index contributed by atoms with van der Waals surface area (Å²) in [6.45, 7) is 7.93. The standard InChI is InChI=1S/C19H29N5O2S.HI/c1-5-20-19(21-10-6-7-17-13-23-24-15(17)3)22-12-16-8-9-18(14(2)11-16)27(4,25)26;/h8-9,11,13H,5-7,10,12H2,1-4H3,(H,23,24)(H2,20,21,22);1H. The van der Waals surface area contributed by atoms with E-state index in [9.17, 15) is 8.42 Å². The van der Waals surface area contributed by atoms with E-state index in [1.54, 1.807) is 6.07 Å². The van der Waals surface area contributed by atoms with Crippen LogP contribution in [0.3, 0.4) is 0 Å². The lowest BCUT2D eigenvalue weighted by Gasteiger charge is -2.11. The Bertz CT molecular complexity index is 893. The van der Waals surface area contributed by atoms with Gasteiger partial charge in [-0.1, -0.05) is 12.1 Å². The summed E-state index contributed by atoms with van der Waals surface area (Å²) in [6, 6.07) is 5.35. The number of hydrogen-bond acceptors (Lipinski definition) is 4. The van der Waals surface area contributed by atoms with Crippen LogP contribution in [-0.2, 0) is 22.8 Å². The summed E-state index contributed by atoms with van der Waals surface area (Å²) in [5, 5.41) is 13.6. The lowest BCUT2D eigenvalue weighted by Crippen LogP contribution is -2.37. The van der Waals surface area contributed by atoms with Crippen LogP contribution in [0.4, 0.5) is 0 Å². The summed E-state index contributed by atoms with van der Waals surface area (Å²) in [5.74, 6) is 0.756. The van der Waals surface area contributed by atoms with Gasteiger partial charge in [-0.3, -0.25) is 5.10 Å². The molecule has 0 saturated heterocycles. The maximum Gasteiger partial charge on any atom is 0.191 e. The van der Waals surface area contributed by atoms with Crippen LogP contribution in [-0.4, -0.2) is 43.9 Å². The van der Waals surface area contributed by atoms with E-state index in [2.05, 4.69) is 25.8 Å². The van der Waals surface area contributed by atoms with Crippen molar-refractivity contribution in [3.63, 3.8) is 0 Å². The number of aliphatic imine (C=N–C) groups is 1. The number of hydrogen-bond donors (Lipinski definition) is 3. The third kappa shape index (κ3) is 7.42. The van der Waals surface area contributed by atoms with Gasteiger partial charge in [0.2, 0.25) is 0 Å². The Morgan fingerprint density at radius 3 is 2.57 bits per heavy atom. The first-order valence-corrected chi connectivity index (χ1v) is 11.0. The number of halogens is 1. The lowest BCUT2D eigenvalue weighted by molar-refractivity contribution is 0.601. The van der Waals surface area contributed by atoms with Crippen molar-refractivity contribution >= 4 is 39.8 Å². The molecule has 9 heteroatoms. The summed E-state index contributed by atoms with van der Waals surface area (Å²) in [7, 11) is -3.19. The minimum absolute atomic E-state index is 0. The monoisotopic (exact) mass is 519 g/mol. The molecule has 7 nitrogen and oxygen atoms in total. The summed E-state index contributed by atoms with van der Waals surface area (Å²) < 4.78 is 23.4. The number of nitrogens with zero attached hydrogens (tertiary/aromatic N) is 2. The van der Waals surface area contributed by atoms with Crippen molar-refractivity contribution in [2.75, 3.05) is 19.3 Å². The number of aromatic nitrogens is 2. The molecule has 0 spiro atoms. The molecule has 2 aromatic rings. The van der Waals surface area contributed by atoms with Gasteiger partial charge in [0.15, 0.2) is 15.8 Å². The van der Waals surface area contributed by atoms with Gasteiger partial charge in [-0.2, -0.15) is 5.10 Å². The van der Waals surface area contributed by atoms with E-state index in [-0.39, 0.29) is 24.0 Å². The average Bonchev–Trinajstić information content (AvgIpc) is 3.00. The quantitative estimate of drug-likeness (QED) is 0.216. The minimum Gasteiger partial charge on any atom is -0.357 e. The Hall–Kier alpha value is -1.62. The molecule has 0 atom stereocenters. The molecule has 0 amide bonds. The zero-order chi connectivity index (χ0) is 19.9. The van der Waals surface area contributed by atoms with Crippen LogP contribution in [0.15, 0.2) is 34.3 Å². The zero-order valence-corrected chi connectivity index (χ0v) is 20.0. The molecule has 0 aliphatic carbocycles. The molecule has 0 radical (unpaired) electrons. The predicted molar refractivity (Wildman–Crippen MR) is 124 cm³/mol. The Morgan fingerprint density at radius 1 is 1.25 bits per heavy atom. The van der Waals surface area contributed by atoms with E-state index < -0.39 is 9.84 Å². The molecule has 0 aliphatic rings. The van der Waals surface area contributed by atoms with Gasteiger partial charge < -0.3 is 10.6 Å². The number of benzene rings is 1. The molecule has 3 N–H and O–H groups in total. The molecule has 0 bridgehead atoms. The van der Waals surface area contributed by atoms with Gasteiger partial charge in [-0.15, -0.1) is 24.0 Å². The van der Waals surface area contributed by atoms with Gasteiger partial charge in [0, 0.05) is 25.0 Å². The third-order valence-corrected chi connectivity index (χ3v) is 5.51. The molecular formula is C19H30IN5O2S. The van der Waals surface area contributed by atoms with E-state index in [0.717, 1.165) is 48.7 Å². The Labute approximate surface area is 184 Å². The zero-order valence-electron chi connectivity index (χ0n) is 16.9. The molecule has 28 heavy (non-hydrogen) atoms. The van der Waals surface area contributed by atoms with Crippen LogP contribution in [0.5, 0.6) is 0 Å². The molecule has 1 aromatic heterocycles. The van der Waals surface area contributed by atoms with Crippen LogP contribution in [0.25, 0.3) is 0 Å². The fourth-order valence-corrected chi connectivity index (χ4v) is 3.81. The van der Waals surface area contributed by atoms with Gasteiger partial charge in [0.1, 0.15) is 0 Å². The summed E-state index contributed by atoms with van der Waals surface area (Å²) in [4.78, 5) is 4.97. The molecule has 0 fully saturated rings. The second-order valence-electron chi connectivity index (χ2n) is 6.62. The van der Waals surface area contributed by atoms with E-state index in [4.69, 9.17) is 0 Å². The number of H-pyrrole nitrogens is 1. The predicted octanol–water partition coefficient (Wildman–Crippen LogP) is 2.74. The second-order valence-corrected chi connectivity index (χ2v) is 8.60. The second kappa shape index (κ2) is 11.4. The molecular weight excluding hydrogens is 489 g/mol. The fourth-order valence-electron chi connectivity index (χ4n) is 2.85. The van der Waals surface area contributed by atoms with Crippen molar-refractivity contribution in [2.45, 2.75) is 45.1 Å². The van der Waals surface area contributed by atoms with Gasteiger partial charge >= 0.3 is 0 Å². The highest BCUT2D eigenvalue weighted by atomic mass is 127. The molecule has 0 saturated carbocycles. The first-order valence-electron chi connectivity index (χ1n) is 9.12. The van der Waals surface area contributed by atoms with Crippen LogP contribution >= 0.6 is 24.0 Å². The molecule has 2 rings (SSSR count). The molecule has 0 unspecified atom stereocenters. The van der Waals surface area contributed by atoms with Gasteiger partial charge in [-0.05, 0) is 56.4 Å². The molecule has 1 heterocycles. The van der Waals surface area contributed by atoms with Gasteiger partial charge in [-0.25, -0.2) is 13.4 Å². The fraction of sp³-hybridized carbons (Fsp3) is 0.474. The molecule has 1 aromatic carbocycles. The van der Waals surface area contributed by atoms with E-state index >= 15 is 0 Å². The Morgan fingerprint density at radius 2 is 2.00 bits per heavy atom. The van der Waals surface area contributed by atoms with Crippen molar-refractivity contribution < 1.29 is 8.42 Å². The Balaban J connectivity index is 0.00000392. The van der Waals surface area contributed by atoms with Crippen molar-refractivity contribution in [2.24, 2.45) is 4.99 Å². The number of aromatic amines is 1. The maximum atomic E-state index is 11.7. The van der Waals surface area contributed by atoms with E-state index in [0.29, 0.717) is 11.4 Å².